The predicted molar refractivity (Wildman–Crippen MR) is 80.2 cm³/mol. The van der Waals surface area contributed by atoms with Gasteiger partial charge in [0, 0.05) is 19.8 Å². The van der Waals surface area contributed by atoms with Crippen LogP contribution in [0, 0.1) is 0 Å². The van der Waals surface area contributed by atoms with Gasteiger partial charge in [-0.25, -0.2) is 0 Å². The second kappa shape index (κ2) is 9.56. The molecule has 0 saturated carbocycles. The van der Waals surface area contributed by atoms with E-state index in [0.29, 0.717) is 23.3 Å². The molecule has 1 N–H and O–H groups in total. The van der Waals surface area contributed by atoms with Gasteiger partial charge >= 0.3 is 0 Å². The van der Waals surface area contributed by atoms with Crippen molar-refractivity contribution in [3.05, 3.63) is 33.8 Å². The molecule has 0 aliphatic rings. The number of benzene rings is 1. The van der Waals surface area contributed by atoms with Gasteiger partial charge < -0.3 is 14.8 Å². The molecule has 0 bridgehead atoms. The van der Waals surface area contributed by atoms with E-state index in [2.05, 4.69) is 12.2 Å². The molecule has 1 aromatic carbocycles. The summed E-state index contributed by atoms with van der Waals surface area (Å²) in [7, 11) is 1.67. The van der Waals surface area contributed by atoms with Crippen LogP contribution >= 0.6 is 23.2 Å². The summed E-state index contributed by atoms with van der Waals surface area (Å²) < 4.78 is 10.3. The normalized spacial score (nSPS) is 12.6. The summed E-state index contributed by atoms with van der Waals surface area (Å²) in [5, 5.41) is 4.60. The Bertz CT molecular complexity index is 374. The fourth-order valence-electron chi connectivity index (χ4n) is 1.64. The largest absolute Gasteiger partial charge is 0.382 e. The number of hydrogen-bond donors (Lipinski definition) is 1. The molecule has 0 heterocycles. The molecule has 1 unspecified atom stereocenters. The fraction of sp³-hybridized carbons (Fsp3) is 0.571. The van der Waals surface area contributed by atoms with E-state index >= 15 is 0 Å². The summed E-state index contributed by atoms with van der Waals surface area (Å²) in [6.45, 7) is 5.04. The topological polar surface area (TPSA) is 30.5 Å². The highest BCUT2D eigenvalue weighted by Crippen LogP contribution is 2.25. The fourth-order valence-corrected chi connectivity index (χ4v) is 1.94. The van der Waals surface area contributed by atoms with E-state index < -0.39 is 0 Å². The summed E-state index contributed by atoms with van der Waals surface area (Å²) in [5.74, 6) is 0. The zero-order valence-electron chi connectivity index (χ0n) is 11.4. The summed E-state index contributed by atoms with van der Waals surface area (Å²) >= 11 is 11.9. The van der Waals surface area contributed by atoms with Gasteiger partial charge in [-0.2, -0.15) is 0 Å². The Morgan fingerprint density at radius 2 is 1.95 bits per heavy atom. The molecule has 5 heteroatoms. The Hall–Kier alpha value is -0.320. The lowest BCUT2D eigenvalue weighted by atomic mass is 10.1. The van der Waals surface area contributed by atoms with Crippen molar-refractivity contribution in [2.45, 2.75) is 19.4 Å². The lowest BCUT2D eigenvalue weighted by molar-refractivity contribution is 0.0693. The molecule has 0 fully saturated rings. The van der Waals surface area contributed by atoms with Crippen molar-refractivity contribution < 1.29 is 9.47 Å². The van der Waals surface area contributed by atoms with Gasteiger partial charge in [-0.1, -0.05) is 29.3 Å². The molecule has 1 rings (SSSR count). The van der Waals surface area contributed by atoms with Gasteiger partial charge in [-0.05, 0) is 37.6 Å². The van der Waals surface area contributed by atoms with Crippen molar-refractivity contribution in [2.24, 2.45) is 0 Å². The van der Waals surface area contributed by atoms with Crippen molar-refractivity contribution >= 4 is 23.2 Å². The molecule has 0 aliphatic carbocycles. The lowest BCUT2D eigenvalue weighted by Gasteiger charge is -2.15. The minimum Gasteiger partial charge on any atom is -0.382 e. The average molecular weight is 306 g/mol. The summed E-state index contributed by atoms with van der Waals surface area (Å²) in [5.41, 5.74) is 1.13. The zero-order chi connectivity index (χ0) is 14.1. The minimum absolute atomic E-state index is 0.244. The van der Waals surface area contributed by atoms with Crippen LogP contribution in [-0.4, -0.2) is 33.5 Å². The number of nitrogens with one attached hydrogen (secondary N) is 1. The molecular weight excluding hydrogens is 285 g/mol. The maximum Gasteiger partial charge on any atom is 0.0700 e. The second-order valence-corrected chi connectivity index (χ2v) is 5.12. The smallest absolute Gasteiger partial charge is 0.0700 e. The predicted octanol–water partition coefficient (Wildman–Crippen LogP) is 3.70. The number of hydrogen-bond acceptors (Lipinski definition) is 3. The summed E-state index contributed by atoms with van der Waals surface area (Å²) in [6, 6.07) is 5.96. The summed E-state index contributed by atoms with van der Waals surface area (Å²) in [6.07, 6.45) is 0.968. The van der Waals surface area contributed by atoms with Crippen LogP contribution in [0.5, 0.6) is 0 Å². The minimum atomic E-state index is 0.244. The monoisotopic (exact) mass is 305 g/mol. The number of methoxy groups -OCH3 is 1. The lowest BCUT2D eigenvalue weighted by Crippen LogP contribution is -2.21. The maximum atomic E-state index is 6.00. The average Bonchev–Trinajstić information content (AvgIpc) is 2.40. The SMILES string of the molecule is COCCOCCCNC(C)c1ccc(Cl)c(Cl)c1. The van der Waals surface area contributed by atoms with Crippen LogP contribution in [0.2, 0.25) is 10.0 Å². The zero-order valence-corrected chi connectivity index (χ0v) is 12.9. The van der Waals surface area contributed by atoms with E-state index in [9.17, 15) is 0 Å². The van der Waals surface area contributed by atoms with E-state index in [4.69, 9.17) is 32.7 Å². The van der Waals surface area contributed by atoms with Crippen molar-refractivity contribution in [1.29, 1.82) is 0 Å². The van der Waals surface area contributed by atoms with Crippen molar-refractivity contribution in [2.75, 3.05) is 33.5 Å². The van der Waals surface area contributed by atoms with E-state index in [-0.39, 0.29) is 6.04 Å². The molecule has 0 radical (unpaired) electrons. The first-order chi connectivity index (χ1) is 9.15. The van der Waals surface area contributed by atoms with Crippen LogP contribution in [0.1, 0.15) is 24.9 Å². The van der Waals surface area contributed by atoms with Crippen LogP contribution in [0.25, 0.3) is 0 Å². The molecule has 0 aromatic heterocycles. The van der Waals surface area contributed by atoms with Gasteiger partial charge in [-0.15, -0.1) is 0 Å². The molecular formula is C14H21Cl2NO2. The highest BCUT2D eigenvalue weighted by molar-refractivity contribution is 6.42. The highest BCUT2D eigenvalue weighted by atomic mass is 35.5. The molecule has 1 aromatic rings. The second-order valence-electron chi connectivity index (χ2n) is 4.31. The molecule has 108 valence electrons. The molecule has 0 spiro atoms. The third kappa shape index (κ3) is 6.59. The van der Waals surface area contributed by atoms with Crippen LogP contribution in [0.4, 0.5) is 0 Å². The Morgan fingerprint density at radius 1 is 1.16 bits per heavy atom. The van der Waals surface area contributed by atoms with Crippen LogP contribution in [-0.2, 0) is 9.47 Å². The van der Waals surface area contributed by atoms with Gasteiger partial charge in [0.1, 0.15) is 0 Å². The van der Waals surface area contributed by atoms with Gasteiger partial charge in [0.2, 0.25) is 0 Å². The highest BCUT2D eigenvalue weighted by Gasteiger charge is 2.06. The standard InChI is InChI=1S/C14H21Cl2NO2/c1-11(12-4-5-13(15)14(16)10-12)17-6-3-7-19-9-8-18-2/h4-5,10-11,17H,3,6-9H2,1-2H3. The first-order valence-electron chi connectivity index (χ1n) is 6.40. The van der Waals surface area contributed by atoms with Gasteiger partial charge in [0.25, 0.3) is 0 Å². The molecule has 19 heavy (non-hydrogen) atoms. The first-order valence-corrected chi connectivity index (χ1v) is 7.15. The molecule has 0 aliphatic heterocycles. The maximum absolute atomic E-state index is 6.00. The molecule has 0 saturated heterocycles. The van der Waals surface area contributed by atoms with Gasteiger partial charge in [-0.3, -0.25) is 0 Å². The summed E-state index contributed by atoms with van der Waals surface area (Å²) in [4.78, 5) is 0. The Balaban J connectivity index is 2.20. The van der Waals surface area contributed by atoms with E-state index in [1.165, 1.54) is 0 Å². The van der Waals surface area contributed by atoms with Gasteiger partial charge in [0.15, 0.2) is 0 Å². The van der Waals surface area contributed by atoms with Crippen LogP contribution < -0.4 is 5.32 Å². The van der Waals surface area contributed by atoms with Crippen molar-refractivity contribution in [1.82, 2.24) is 5.32 Å². The third-order valence-electron chi connectivity index (χ3n) is 2.79. The molecule has 3 nitrogen and oxygen atoms in total. The van der Waals surface area contributed by atoms with Gasteiger partial charge in [0.05, 0.1) is 23.3 Å². The van der Waals surface area contributed by atoms with E-state index in [0.717, 1.165) is 25.1 Å². The Morgan fingerprint density at radius 3 is 2.63 bits per heavy atom. The van der Waals surface area contributed by atoms with Crippen molar-refractivity contribution in [3.8, 4) is 0 Å². The molecule has 0 amide bonds. The quantitative estimate of drug-likeness (QED) is 0.706. The Kier molecular flexibility index (Phi) is 8.42. The van der Waals surface area contributed by atoms with Crippen LogP contribution in [0.15, 0.2) is 18.2 Å². The number of halogens is 2. The number of rotatable bonds is 9. The Labute approximate surface area is 125 Å². The molecule has 1 atom stereocenters. The first kappa shape index (κ1) is 16.7. The van der Waals surface area contributed by atoms with Crippen LogP contribution in [0.3, 0.4) is 0 Å². The number of ether oxygens (including phenoxy) is 2. The van der Waals surface area contributed by atoms with Crippen molar-refractivity contribution in [3.63, 3.8) is 0 Å². The van der Waals surface area contributed by atoms with E-state index in [1.807, 2.05) is 18.2 Å². The third-order valence-corrected chi connectivity index (χ3v) is 3.53. The van der Waals surface area contributed by atoms with E-state index in [1.54, 1.807) is 7.11 Å².